The van der Waals surface area contributed by atoms with Crippen LogP contribution in [0.5, 0.6) is 0 Å². The van der Waals surface area contributed by atoms with E-state index in [-0.39, 0.29) is 5.91 Å². The minimum Gasteiger partial charge on any atom is -0.379 e. The molecule has 0 aromatic rings. The Labute approximate surface area is 85.8 Å². The summed E-state index contributed by atoms with van der Waals surface area (Å²) in [5, 5.41) is 0. The van der Waals surface area contributed by atoms with Gasteiger partial charge in [0.15, 0.2) is 0 Å². The molecule has 1 amide bonds. The monoisotopic (exact) mass is 200 g/mol. The minimum atomic E-state index is 0.233. The Kier molecular flexibility index (Phi) is 4.90. The molecule has 0 aliphatic carbocycles. The molecule has 4 nitrogen and oxygen atoms in total. The van der Waals surface area contributed by atoms with Gasteiger partial charge in [-0.15, -0.1) is 0 Å². The smallest absolute Gasteiger partial charge is 0.236 e. The van der Waals surface area contributed by atoms with E-state index < -0.39 is 0 Å². The summed E-state index contributed by atoms with van der Waals surface area (Å²) in [6.45, 7) is 9.46. The SMILES string of the molecule is CCN(CC)C(=O)CN1CCOCC1. The number of ether oxygens (including phenoxy) is 1. The van der Waals surface area contributed by atoms with Crippen molar-refractivity contribution >= 4 is 5.91 Å². The van der Waals surface area contributed by atoms with Crippen molar-refractivity contribution in [2.45, 2.75) is 13.8 Å². The van der Waals surface area contributed by atoms with E-state index in [0.717, 1.165) is 39.4 Å². The normalized spacial score (nSPS) is 18.1. The standard InChI is InChI=1S/C10H20N2O2/c1-3-12(4-2)10(13)9-11-5-7-14-8-6-11/h3-9H2,1-2H3. The van der Waals surface area contributed by atoms with Gasteiger partial charge in [-0.25, -0.2) is 0 Å². The molecule has 4 heteroatoms. The quantitative estimate of drug-likeness (QED) is 0.649. The number of morpholine rings is 1. The second kappa shape index (κ2) is 5.98. The lowest BCUT2D eigenvalue weighted by Gasteiger charge is -2.28. The fraction of sp³-hybridized carbons (Fsp3) is 0.900. The molecule has 0 radical (unpaired) electrons. The molecule has 82 valence electrons. The van der Waals surface area contributed by atoms with Crippen LogP contribution < -0.4 is 0 Å². The van der Waals surface area contributed by atoms with E-state index in [0.29, 0.717) is 6.54 Å². The average molecular weight is 200 g/mol. The third kappa shape index (κ3) is 3.27. The first-order valence-corrected chi connectivity index (χ1v) is 5.35. The van der Waals surface area contributed by atoms with Crippen LogP contribution in [-0.4, -0.2) is 61.6 Å². The predicted octanol–water partition coefficient (Wildman–Crippen LogP) is 0.187. The van der Waals surface area contributed by atoms with Gasteiger partial charge in [-0.05, 0) is 13.8 Å². The molecule has 1 aliphatic rings. The van der Waals surface area contributed by atoms with Crippen molar-refractivity contribution < 1.29 is 9.53 Å². The van der Waals surface area contributed by atoms with Crippen LogP contribution in [0.15, 0.2) is 0 Å². The fourth-order valence-electron chi connectivity index (χ4n) is 1.63. The molecule has 0 spiro atoms. The molecule has 0 N–H and O–H groups in total. The van der Waals surface area contributed by atoms with Crippen molar-refractivity contribution in [2.75, 3.05) is 45.9 Å². The topological polar surface area (TPSA) is 32.8 Å². The summed E-state index contributed by atoms with van der Waals surface area (Å²) in [5.41, 5.74) is 0. The van der Waals surface area contributed by atoms with E-state index in [1.807, 2.05) is 18.7 Å². The van der Waals surface area contributed by atoms with Crippen LogP contribution in [0, 0.1) is 0 Å². The molecule has 0 aromatic heterocycles. The number of carbonyl (C=O) groups is 1. The Morgan fingerprint density at radius 1 is 1.29 bits per heavy atom. The summed E-state index contributed by atoms with van der Waals surface area (Å²) in [4.78, 5) is 15.7. The summed E-state index contributed by atoms with van der Waals surface area (Å²) < 4.78 is 5.23. The number of amides is 1. The second-order valence-corrected chi connectivity index (χ2v) is 3.45. The highest BCUT2D eigenvalue weighted by Gasteiger charge is 2.16. The second-order valence-electron chi connectivity index (χ2n) is 3.45. The van der Waals surface area contributed by atoms with Crippen molar-refractivity contribution in [2.24, 2.45) is 0 Å². The molecular formula is C10H20N2O2. The highest BCUT2D eigenvalue weighted by Crippen LogP contribution is 1.98. The molecule has 0 unspecified atom stereocenters. The summed E-state index contributed by atoms with van der Waals surface area (Å²) in [5.74, 6) is 0.233. The highest BCUT2D eigenvalue weighted by molar-refractivity contribution is 5.78. The molecule has 1 saturated heterocycles. The van der Waals surface area contributed by atoms with Crippen molar-refractivity contribution in [3.63, 3.8) is 0 Å². The Morgan fingerprint density at radius 3 is 2.36 bits per heavy atom. The lowest BCUT2D eigenvalue weighted by molar-refractivity contribution is -0.133. The number of rotatable bonds is 4. The van der Waals surface area contributed by atoms with E-state index in [4.69, 9.17) is 4.74 Å². The van der Waals surface area contributed by atoms with Crippen LogP contribution in [0.2, 0.25) is 0 Å². The number of nitrogens with zero attached hydrogens (tertiary/aromatic N) is 2. The van der Waals surface area contributed by atoms with Crippen LogP contribution in [0.1, 0.15) is 13.8 Å². The van der Waals surface area contributed by atoms with Gasteiger partial charge in [0.1, 0.15) is 0 Å². The van der Waals surface area contributed by atoms with E-state index in [9.17, 15) is 4.79 Å². The first-order chi connectivity index (χ1) is 6.77. The molecular weight excluding hydrogens is 180 g/mol. The van der Waals surface area contributed by atoms with Gasteiger partial charge < -0.3 is 9.64 Å². The maximum absolute atomic E-state index is 11.7. The van der Waals surface area contributed by atoms with Gasteiger partial charge in [0.25, 0.3) is 0 Å². The molecule has 1 aliphatic heterocycles. The van der Waals surface area contributed by atoms with Crippen molar-refractivity contribution in [3.8, 4) is 0 Å². The van der Waals surface area contributed by atoms with Crippen LogP contribution in [0.4, 0.5) is 0 Å². The van der Waals surface area contributed by atoms with E-state index in [1.165, 1.54) is 0 Å². The Bertz CT molecular complexity index is 175. The largest absolute Gasteiger partial charge is 0.379 e. The summed E-state index contributed by atoms with van der Waals surface area (Å²) in [7, 11) is 0. The Morgan fingerprint density at radius 2 is 1.86 bits per heavy atom. The predicted molar refractivity (Wildman–Crippen MR) is 55.2 cm³/mol. The van der Waals surface area contributed by atoms with Gasteiger partial charge in [-0.1, -0.05) is 0 Å². The molecule has 14 heavy (non-hydrogen) atoms. The Balaban J connectivity index is 2.30. The van der Waals surface area contributed by atoms with E-state index >= 15 is 0 Å². The number of carbonyl (C=O) groups excluding carboxylic acids is 1. The minimum absolute atomic E-state index is 0.233. The fourth-order valence-corrected chi connectivity index (χ4v) is 1.63. The number of hydrogen-bond acceptors (Lipinski definition) is 3. The maximum atomic E-state index is 11.7. The number of hydrogen-bond donors (Lipinski definition) is 0. The van der Waals surface area contributed by atoms with Gasteiger partial charge in [0.05, 0.1) is 19.8 Å². The van der Waals surface area contributed by atoms with Gasteiger partial charge in [-0.2, -0.15) is 0 Å². The van der Waals surface area contributed by atoms with Crippen molar-refractivity contribution in [3.05, 3.63) is 0 Å². The molecule has 0 saturated carbocycles. The highest BCUT2D eigenvalue weighted by atomic mass is 16.5. The first kappa shape index (κ1) is 11.5. The first-order valence-electron chi connectivity index (χ1n) is 5.35. The van der Waals surface area contributed by atoms with Crippen LogP contribution in [0.3, 0.4) is 0 Å². The zero-order valence-corrected chi connectivity index (χ0v) is 9.16. The van der Waals surface area contributed by atoms with Gasteiger partial charge >= 0.3 is 0 Å². The molecule has 1 rings (SSSR count). The maximum Gasteiger partial charge on any atom is 0.236 e. The van der Waals surface area contributed by atoms with E-state index in [1.54, 1.807) is 0 Å². The van der Waals surface area contributed by atoms with Crippen LogP contribution in [-0.2, 0) is 9.53 Å². The number of likely N-dealkylation sites (N-methyl/N-ethyl adjacent to an activating group) is 1. The average Bonchev–Trinajstić information content (AvgIpc) is 2.21. The molecule has 1 fully saturated rings. The lowest BCUT2D eigenvalue weighted by Crippen LogP contribution is -2.44. The zero-order valence-electron chi connectivity index (χ0n) is 9.16. The van der Waals surface area contributed by atoms with Crippen LogP contribution in [0.25, 0.3) is 0 Å². The van der Waals surface area contributed by atoms with Crippen molar-refractivity contribution in [1.29, 1.82) is 0 Å². The summed E-state index contributed by atoms with van der Waals surface area (Å²) in [6, 6.07) is 0. The summed E-state index contributed by atoms with van der Waals surface area (Å²) >= 11 is 0. The molecule has 0 atom stereocenters. The zero-order chi connectivity index (χ0) is 10.4. The van der Waals surface area contributed by atoms with Gasteiger partial charge in [-0.3, -0.25) is 9.69 Å². The molecule has 1 heterocycles. The van der Waals surface area contributed by atoms with E-state index in [2.05, 4.69) is 4.90 Å². The third-order valence-electron chi connectivity index (χ3n) is 2.58. The van der Waals surface area contributed by atoms with Crippen molar-refractivity contribution in [1.82, 2.24) is 9.80 Å². The summed E-state index contributed by atoms with van der Waals surface area (Å²) in [6.07, 6.45) is 0. The molecule has 0 bridgehead atoms. The van der Waals surface area contributed by atoms with Gasteiger partial charge in [0, 0.05) is 26.2 Å². The third-order valence-corrected chi connectivity index (χ3v) is 2.58. The Hall–Kier alpha value is -0.610. The lowest BCUT2D eigenvalue weighted by atomic mass is 10.3. The molecule has 0 aromatic carbocycles. The van der Waals surface area contributed by atoms with Crippen LogP contribution >= 0.6 is 0 Å². The van der Waals surface area contributed by atoms with Gasteiger partial charge in [0.2, 0.25) is 5.91 Å².